The van der Waals surface area contributed by atoms with Gasteiger partial charge in [0.25, 0.3) is 5.91 Å². The van der Waals surface area contributed by atoms with Gasteiger partial charge in [-0.05, 0) is 19.1 Å². The minimum Gasteiger partial charge on any atom is -0.356 e. The zero-order chi connectivity index (χ0) is 10.1. The van der Waals surface area contributed by atoms with Crippen LogP contribution in [0.25, 0.3) is 0 Å². The molecule has 1 aromatic carbocycles. The lowest BCUT2D eigenvalue weighted by Gasteiger charge is -2.35. The molecular formula is C11H14N2O. The van der Waals surface area contributed by atoms with Gasteiger partial charge in [0.1, 0.15) is 0 Å². The van der Waals surface area contributed by atoms with Crippen LogP contribution < -0.4 is 4.90 Å². The molecule has 1 aliphatic heterocycles. The monoisotopic (exact) mass is 190 g/mol. The molecule has 1 amide bonds. The van der Waals surface area contributed by atoms with E-state index in [1.54, 1.807) is 0 Å². The summed E-state index contributed by atoms with van der Waals surface area (Å²) >= 11 is 0. The predicted molar refractivity (Wildman–Crippen MR) is 56.4 cm³/mol. The average Bonchev–Trinajstić information content (AvgIpc) is 2.23. The lowest BCUT2D eigenvalue weighted by atomic mass is 10.1. The van der Waals surface area contributed by atoms with E-state index in [-0.39, 0.29) is 5.91 Å². The second kappa shape index (κ2) is 3.33. The molecular weight excluding hydrogens is 176 g/mol. The van der Waals surface area contributed by atoms with Gasteiger partial charge >= 0.3 is 0 Å². The van der Waals surface area contributed by atoms with Gasteiger partial charge in [0, 0.05) is 13.6 Å². The van der Waals surface area contributed by atoms with Crippen LogP contribution in [-0.2, 0) is 0 Å². The van der Waals surface area contributed by atoms with Crippen LogP contribution in [0.5, 0.6) is 0 Å². The third-order valence-corrected chi connectivity index (χ3v) is 2.60. The minimum atomic E-state index is 0.140. The molecule has 0 spiro atoms. The first-order chi connectivity index (χ1) is 6.74. The molecule has 0 unspecified atom stereocenters. The Bertz CT molecular complexity index is 362. The number of carbonyl (C=O) groups is 1. The van der Waals surface area contributed by atoms with Gasteiger partial charge in [-0.3, -0.25) is 4.79 Å². The van der Waals surface area contributed by atoms with Crippen molar-refractivity contribution in [1.29, 1.82) is 0 Å². The highest BCUT2D eigenvalue weighted by Gasteiger charge is 2.25. The van der Waals surface area contributed by atoms with Gasteiger partial charge in [0.2, 0.25) is 0 Å². The van der Waals surface area contributed by atoms with Crippen molar-refractivity contribution in [2.75, 3.05) is 25.2 Å². The molecule has 1 aliphatic rings. The fraction of sp³-hybridized carbons (Fsp3) is 0.364. The van der Waals surface area contributed by atoms with E-state index in [0.717, 1.165) is 17.8 Å². The fourth-order valence-corrected chi connectivity index (χ4v) is 1.80. The summed E-state index contributed by atoms with van der Waals surface area (Å²) in [6.07, 6.45) is 0. The molecule has 0 aliphatic carbocycles. The number of hydrogen-bond donors (Lipinski definition) is 0. The first-order valence-electron chi connectivity index (χ1n) is 4.83. The lowest BCUT2D eigenvalue weighted by molar-refractivity contribution is 0.0753. The Labute approximate surface area is 83.9 Å². The van der Waals surface area contributed by atoms with Crippen LogP contribution in [-0.4, -0.2) is 31.1 Å². The van der Waals surface area contributed by atoms with Gasteiger partial charge in [-0.15, -0.1) is 0 Å². The molecule has 0 radical (unpaired) electrons. The van der Waals surface area contributed by atoms with E-state index in [1.165, 1.54) is 0 Å². The van der Waals surface area contributed by atoms with E-state index < -0.39 is 0 Å². The zero-order valence-corrected chi connectivity index (χ0v) is 8.53. The van der Waals surface area contributed by atoms with Crippen LogP contribution in [0.2, 0.25) is 0 Å². The van der Waals surface area contributed by atoms with Crippen molar-refractivity contribution < 1.29 is 4.79 Å². The Morgan fingerprint density at radius 3 is 2.79 bits per heavy atom. The van der Waals surface area contributed by atoms with Crippen LogP contribution in [0.4, 0.5) is 5.69 Å². The molecule has 3 nitrogen and oxygen atoms in total. The Morgan fingerprint density at radius 2 is 2.07 bits per heavy atom. The Hall–Kier alpha value is -1.51. The largest absolute Gasteiger partial charge is 0.356 e. The number of rotatable bonds is 1. The van der Waals surface area contributed by atoms with Crippen molar-refractivity contribution in [3.63, 3.8) is 0 Å². The molecule has 0 saturated carbocycles. The van der Waals surface area contributed by atoms with Gasteiger partial charge in [-0.1, -0.05) is 12.1 Å². The number of carbonyl (C=O) groups excluding carboxylic acids is 1. The Balaban J connectivity index is 2.46. The maximum absolute atomic E-state index is 11.9. The first-order valence-corrected chi connectivity index (χ1v) is 4.83. The summed E-state index contributed by atoms with van der Waals surface area (Å²) in [6.45, 7) is 3.45. The SMILES string of the molecule is CCN1CN(C)c2ccccc2C1=O. The molecule has 0 N–H and O–H groups in total. The summed E-state index contributed by atoms with van der Waals surface area (Å²) in [5, 5.41) is 0. The number of benzene rings is 1. The van der Waals surface area contributed by atoms with Crippen molar-refractivity contribution in [2.45, 2.75) is 6.92 Å². The van der Waals surface area contributed by atoms with Crippen molar-refractivity contribution >= 4 is 11.6 Å². The number of fused-ring (bicyclic) bond motifs is 1. The molecule has 1 aromatic rings. The number of anilines is 1. The number of hydrogen-bond acceptors (Lipinski definition) is 2. The molecule has 1 heterocycles. The minimum absolute atomic E-state index is 0.140. The van der Waals surface area contributed by atoms with Crippen molar-refractivity contribution in [3.8, 4) is 0 Å². The standard InChI is InChI=1S/C11H14N2O/c1-3-13-8-12(2)10-7-5-4-6-9(10)11(13)14/h4-7H,3,8H2,1-2H3. The quantitative estimate of drug-likeness (QED) is 0.671. The van der Waals surface area contributed by atoms with Crippen LogP contribution in [0, 0.1) is 0 Å². The summed E-state index contributed by atoms with van der Waals surface area (Å²) in [7, 11) is 2.01. The van der Waals surface area contributed by atoms with Crippen LogP contribution >= 0.6 is 0 Å². The van der Waals surface area contributed by atoms with Crippen LogP contribution in [0.15, 0.2) is 24.3 Å². The third kappa shape index (κ3) is 1.25. The van der Waals surface area contributed by atoms with E-state index in [0.29, 0.717) is 6.67 Å². The number of para-hydroxylation sites is 1. The summed E-state index contributed by atoms with van der Waals surface area (Å²) < 4.78 is 0. The van der Waals surface area contributed by atoms with Crippen LogP contribution in [0.3, 0.4) is 0 Å². The van der Waals surface area contributed by atoms with E-state index in [1.807, 2.05) is 43.1 Å². The van der Waals surface area contributed by atoms with E-state index >= 15 is 0 Å². The van der Waals surface area contributed by atoms with Crippen molar-refractivity contribution in [3.05, 3.63) is 29.8 Å². The molecule has 0 fully saturated rings. The van der Waals surface area contributed by atoms with E-state index in [4.69, 9.17) is 0 Å². The molecule has 0 bridgehead atoms. The maximum atomic E-state index is 11.9. The molecule has 0 saturated heterocycles. The molecule has 0 atom stereocenters. The summed E-state index contributed by atoms with van der Waals surface area (Å²) in [4.78, 5) is 15.8. The van der Waals surface area contributed by atoms with Crippen molar-refractivity contribution in [2.24, 2.45) is 0 Å². The molecule has 14 heavy (non-hydrogen) atoms. The van der Waals surface area contributed by atoms with Gasteiger partial charge in [-0.25, -0.2) is 0 Å². The second-order valence-electron chi connectivity index (χ2n) is 3.52. The highest BCUT2D eigenvalue weighted by molar-refractivity contribution is 6.01. The highest BCUT2D eigenvalue weighted by atomic mass is 16.2. The van der Waals surface area contributed by atoms with Gasteiger partial charge < -0.3 is 9.80 Å². The maximum Gasteiger partial charge on any atom is 0.257 e. The third-order valence-electron chi connectivity index (χ3n) is 2.60. The molecule has 74 valence electrons. The lowest BCUT2D eigenvalue weighted by Crippen LogP contribution is -2.44. The Morgan fingerprint density at radius 1 is 1.36 bits per heavy atom. The predicted octanol–water partition coefficient (Wildman–Crippen LogP) is 1.56. The van der Waals surface area contributed by atoms with E-state index in [9.17, 15) is 4.79 Å². The van der Waals surface area contributed by atoms with E-state index in [2.05, 4.69) is 4.90 Å². The molecule has 0 aromatic heterocycles. The smallest absolute Gasteiger partial charge is 0.257 e. The summed E-state index contributed by atoms with van der Waals surface area (Å²) in [5.74, 6) is 0.140. The van der Waals surface area contributed by atoms with Gasteiger partial charge in [0.15, 0.2) is 0 Å². The topological polar surface area (TPSA) is 23.6 Å². The highest BCUT2D eigenvalue weighted by Crippen LogP contribution is 2.25. The fourth-order valence-electron chi connectivity index (χ4n) is 1.80. The van der Waals surface area contributed by atoms with Gasteiger partial charge in [-0.2, -0.15) is 0 Å². The van der Waals surface area contributed by atoms with Crippen molar-refractivity contribution in [1.82, 2.24) is 4.90 Å². The number of nitrogens with zero attached hydrogens (tertiary/aromatic N) is 2. The molecule has 2 rings (SSSR count). The summed E-state index contributed by atoms with van der Waals surface area (Å²) in [6, 6.07) is 7.74. The van der Waals surface area contributed by atoms with Gasteiger partial charge in [0.05, 0.1) is 17.9 Å². The summed E-state index contributed by atoms with van der Waals surface area (Å²) in [5.41, 5.74) is 1.84. The normalized spacial score (nSPS) is 15.7. The van der Waals surface area contributed by atoms with Crippen LogP contribution in [0.1, 0.15) is 17.3 Å². The first kappa shape index (κ1) is 9.06. The average molecular weight is 190 g/mol. The molecule has 3 heteroatoms. The second-order valence-corrected chi connectivity index (χ2v) is 3.52. The number of amides is 1. The Kier molecular flexibility index (Phi) is 2.15. The zero-order valence-electron chi connectivity index (χ0n) is 8.53.